The Kier molecular flexibility index (Phi) is 6.96. The summed E-state index contributed by atoms with van der Waals surface area (Å²) in [5, 5.41) is 5.00. The smallest absolute Gasteiger partial charge is 0.339 e. The highest BCUT2D eigenvalue weighted by atomic mass is 32.1. The number of carbonyl (C=O) groups excluding carboxylic acids is 2. The van der Waals surface area contributed by atoms with Crippen molar-refractivity contribution >= 4 is 39.4 Å². The number of carbonyl (C=O) groups is 2. The Labute approximate surface area is 217 Å². The number of imidazole rings is 1. The zero-order chi connectivity index (χ0) is 25.8. The number of ether oxygens (including phenoxy) is 2. The summed E-state index contributed by atoms with van der Waals surface area (Å²) in [4.78, 5) is 38.1. The number of benzene rings is 3. The number of hydrogen-bond acceptors (Lipinski definition) is 7. The summed E-state index contributed by atoms with van der Waals surface area (Å²) in [5.41, 5.74) is 4.20. The number of aromatic nitrogens is 3. The zero-order valence-electron chi connectivity index (χ0n) is 20.2. The number of para-hydroxylation sites is 2. The topological polar surface area (TPSA) is 106 Å². The van der Waals surface area contributed by atoms with Gasteiger partial charge in [0.1, 0.15) is 11.6 Å². The summed E-state index contributed by atoms with van der Waals surface area (Å²) < 4.78 is 11.0. The van der Waals surface area contributed by atoms with Crippen LogP contribution in [-0.2, 0) is 9.53 Å². The fraction of sp³-hybridized carbons (Fsp3) is 0.143. The molecule has 1 unspecified atom stereocenters. The maximum absolute atomic E-state index is 13.0. The van der Waals surface area contributed by atoms with Gasteiger partial charge in [0, 0.05) is 16.5 Å². The van der Waals surface area contributed by atoms with Crippen molar-refractivity contribution in [2.75, 3.05) is 11.9 Å². The van der Waals surface area contributed by atoms with Crippen LogP contribution in [0.4, 0.5) is 5.13 Å². The van der Waals surface area contributed by atoms with Crippen molar-refractivity contribution in [2.45, 2.75) is 20.0 Å². The Morgan fingerprint density at radius 2 is 1.76 bits per heavy atom. The van der Waals surface area contributed by atoms with Crippen molar-refractivity contribution in [2.24, 2.45) is 0 Å². The lowest BCUT2D eigenvalue weighted by atomic mass is 10.1. The van der Waals surface area contributed by atoms with Gasteiger partial charge < -0.3 is 14.5 Å². The number of anilines is 1. The van der Waals surface area contributed by atoms with E-state index in [0.717, 1.165) is 28.0 Å². The highest BCUT2D eigenvalue weighted by Crippen LogP contribution is 2.27. The molecule has 2 aromatic heterocycles. The van der Waals surface area contributed by atoms with Gasteiger partial charge in [0.25, 0.3) is 5.91 Å². The van der Waals surface area contributed by atoms with Crippen LogP contribution in [-0.4, -0.2) is 39.5 Å². The number of H-pyrrole nitrogens is 1. The monoisotopic (exact) mass is 512 g/mol. The van der Waals surface area contributed by atoms with E-state index in [-0.39, 0.29) is 0 Å². The van der Waals surface area contributed by atoms with Gasteiger partial charge >= 0.3 is 5.97 Å². The number of nitrogens with zero attached hydrogens (tertiary/aromatic N) is 2. The maximum atomic E-state index is 13.0. The fourth-order valence-corrected chi connectivity index (χ4v) is 4.51. The Morgan fingerprint density at radius 3 is 2.54 bits per heavy atom. The molecule has 5 rings (SSSR count). The van der Waals surface area contributed by atoms with Crippen LogP contribution in [0.5, 0.6) is 5.75 Å². The largest absolute Gasteiger partial charge is 0.494 e. The Bertz CT molecular complexity index is 1530. The summed E-state index contributed by atoms with van der Waals surface area (Å²) in [6.45, 7) is 4.06. The van der Waals surface area contributed by atoms with Crippen molar-refractivity contribution < 1.29 is 19.1 Å². The number of esters is 1. The second kappa shape index (κ2) is 10.6. The maximum Gasteiger partial charge on any atom is 0.339 e. The predicted molar refractivity (Wildman–Crippen MR) is 144 cm³/mol. The second-order valence-electron chi connectivity index (χ2n) is 8.18. The van der Waals surface area contributed by atoms with Gasteiger partial charge in [-0.3, -0.25) is 10.1 Å². The quantitative estimate of drug-likeness (QED) is 0.249. The predicted octanol–water partition coefficient (Wildman–Crippen LogP) is 5.94. The van der Waals surface area contributed by atoms with E-state index >= 15 is 0 Å². The van der Waals surface area contributed by atoms with Crippen LogP contribution in [0.2, 0.25) is 0 Å². The summed E-state index contributed by atoms with van der Waals surface area (Å²) in [5.74, 6) is 0.248. The van der Waals surface area contributed by atoms with Gasteiger partial charge in [-0.05, 0) is 56.3 Å². The molecule has 8 nitrogen and oxygen atoms in total. The fourth-order valence-electron chi connectivity index (χ4n) is 3.78. The number of nitrogens with one attached hydrogen (secondary N) is 2. The number of thiazole rings is 1. The molecule has 3 aromatic carbocycles. The molecule has 1 atom stereocenters. The standard InChI is InChI=1S/C28H24N4O4S/c1-3-35-19-14-12-18(13-15-19)24-16-37-28(31-24)32-26(33)17(2)36-27(34)21-9-5-4-8-20(21)25-29-22-10-6-7-11-23(22)30-25/h4-17H,3H2,1-2H3,(H,29,30)(H,31,32,33). The molecule has 0 radical (unpaired) electrons. The van der Waals surface area contributed by atoms with Crippen LogP contribution in [0.1, 0.15) is 24.2 Å². The lowest BCUT2D eigenvalue weighted by Gasteiger charge is -2.13. The van der Waals surface area contributed by atoms with Gasteiger partial charge in [-0.2, -0.15) is 0 Å². The van der Waals surface area contributed by atoms with E-state index in [1.54, 1.807) is 18.2 Å². The average Bonchev–Trinajstić information content (AvgIpc) is 3.56. The average molecular weight is 513 g/mol. The molecular weight excluding hydrogens is 488 g/mol. The van der Waals surface area contributed by atoms with Crippen molar-refractivity contribution in [3.8, 4) is 28.4 Å². The summed E-state index contributed by atoms with van der Waals surface area (Å²) >= 11 is 1.29. The molecule has 37 heavy (non-hydrogen) atoms. The Hall–Kier alpha value is -4.50. The van der Waals surface area contributed by atoms with Crippen molar-refractivity contribution in [3.05, 3.63) is 83.7 Å². The summed E-state index contributed by atoms with van der Waals surface area (Å²) in [6, 6.07) is 22.2. The first-order valence-electron chi connectivity index (χ1n) is 11.8. The highest BCUT2D eigenvalue weighted by Gasteiger charge is 2.23. The van der Waals surface area contributed by atoms with Gasteiger partial charge in [0.2, 0.25) is 0 Å². The Morgan fingerprint density at radius 1 is 1.00 bits per heavy atom. The molecule has 0 spiro atoms. The van der Waals surface area contributed by atoms with Crippen LogP contribution >= 0.6 is 11.3 Å². The summed E-state index contributed by atoms with van der Waals surface area (Å²) in [7, 11) is 0. The second-order valence-corrected chi connectivity index (χ2v) is 9.04. The molecule has 0 aliphatic heterocycles. The molecule has 1 amide bonds. The number of rotatable bonds is 8. The molecule has 0 saturated heterocycles. The first-order chi connectivity index (χ1) is 18.0. The zero-order valence-corrected chi connectivity index (χ0v) is 21.0. The van der Waals surface area contributed by atoms with Gasteiger partial charge in [-0.1, -0.05) is 30.3 Å². The van der Waals surface area contributed by atoms with E-state index in [9.17, 15) is 9.59 Å². The van der Waals surface area contributed by atoms with E-state index in [0.29, 0.717) is 28.7 Å². The molecule has 5 aromatic rings. The van der Waals surface area contributed by atoms with E-state index in [2.05, 4.69) is 20.3 Å². The van der Waals surface area contributed by atoms with E-state index in [4.69, 9.17) is 9.47 Å². The van der Waals surface area contributed by atoms with E-state index in [1.807, 2.05) is 66.9 Å². The Balaban J connectivity index is 1.25. The molecule has 0 bridgehead atoms. The van der Waals surface area contributed by atoms with Crippen LogP contribution in [0.25, 0.3) is 33.7 Å². The third kappa shape index (κ3) is 5.36. The molecule has 0 aliphatic rings. The number of hydrogen-bond donors (Lipinski definition) is 2. The van der Waals surface area contributed by atoms with Crippen molar-refractivity contribution in [1.29, 1.82) is 0 Å². The first kappa shape index (κ1) is 24.2. The third-order valence-electron chi connectivity index (χ3n) is 5.64. The molecular formula is C28H24N4O4S. The lowest BCUT2D eigenvalue weighted by molar-refractivity contribution is -0.123. The minimum atomic E-state index is -1.03. The molecule has 9 heteroatoms. The summed E-state index contributed by atoms with van der Waals surface area (Å²) in [6.07, 6.45) is -1.03. The van der Waals surface area contributed by atoms with Gasteiger partial charge in [-0.25, -0.2) is 14.8 Å². The van der Waals surface area contributed by atoms with E-state index in [1.165, 1.54) is 18.3 Å². The molecule has 0 fully saturated rings. The SMILES string of the molecule is CCOc1ccc(-c2csc(NC(=O)C(C)OC(=O)c3ccccc3-c3nc4ccccc4[nH]3)n2)cc1. The normalized spacial score (nSPS) is 11.7. The minimum Gasteiger partial charge on any atom is -0.494 e. The molecule has 0 aliphatic carbocycles. The minimum absolute atomic E-state index is 0.313. The van der Waals surface area contributed by atoms with Crippen LogP contribution in [0.3, 0.4) is 0 Å². The van der Waals surface area contributed by atoms with Crippen molar-refractivity contribution in [3.63, 3.8) is 0 Å². The van der Waals surface area contributed by atoms with E-state index < -0.39 is 18.0 Å². The van der Waals surface area contributed by atoms with Crippen LogP contribution < -0.4 is 10.1 Å². The number of amides is 1. The number of aromatic amines is 1. The molecule has 186 valence electrons. The van der Waals surface area contributed by atoms with Gasteiger partial charge in [0.05, 0.1) is 28.9 Å². The molecule has 2 N–H and O–H groups in total. The lowest BCUT2D eigenvalue weighted by Crippen LogP contribution is -2.30. The third-order valence-corrected chi connectivity index (χ3v) is 6.40. The molecule has 0 saturated carbocycles. The van der Waals surface area contributed by atoms with Crippen LogP contribution in [0, 0.1) is 0 Å². The van der Waals surface area contributed by atoms with Crippen molar-refractivity contribution in [1.82, 2.24) is 15.0 Å². The highest BCUT2D eigenvalue weighted by molar-refractivity contribution is 7.14. The molecule has 2 heterocycles. The first-order valence-corrected chi connectivity index (χ1v) is 12.6. The van der Waals surface area contributed by atoms with Gasteiger partial charge in [-0.15, -0.1) is 11.3 Å². The number of fused-ring (bicyclic) bond motifs is 1. The van der Waals surface area contributed by atoms with Gasteiger partial charge in [0.15, 0.2) is 11.2 Å². The van der Waals surface area contributed by atoms with Crippen LogP contribution in [0.15, 0.2) is 78.2 Å².